The zero-order valence-corrected chi connectivity index (χ0v) is 15.0. The Morgan fingerprint density at radius 1 is 1.13 bits per heavy atom. The molecule has 0 aliphatic heterocycles. The summed E-state index contributed by atoms with van der Waals surface area (Å²) in [4.78, 5) is 12.2. The van der Waals surface area contributed by atoms with Gasteiger partial charge in [-0.2, -0.15) is 0 Å². The molecule has 23 heavy (non-hydrogen) atoms. The Kier molecular flexibility index (Phi) is 3.41. The first-order valence-electron chi connectivity index (χ1n) is 9.76. The van der Waals surface area contributed by atoms with Crippen LogP contribution in [-0.2, 0) is 4.79 Å². The second kappa shape index (κ2) is 4.94. The van der Waals surface area contributed by atoms with Crippen molar-refractivity contribution >= 4 is 5.78 Å². The Hall–Kier alpha value is -0.630. The number of allylic oxidation sites excluding steroid dienone is 2. The molecule has 3 saturated carbocycles. The molecule has 2 heteroatoms. The third-order valence-corrected chi connectivity index (χ3v) is 8.75. The number of ketones is 1. The molecule has 6 atom stereocenters. The summed E-state index contributed by atoms with van der Waals surface area (Å²) < 4.78 is 0. The van der Waals surface area contributed by atoms with Gasteiger partial charge in [0.1, 0.15) is 5.60 Å². The van der Waals surface area contributed by atoms with Gasteiger partial charge in [-0.1, -0.05) is 31.9 Å². The maximum Gasteiger partial charge on any atom is 0.161 e. The van der Waals surface area contributed by atoms with Gasteiger partial charge in [-0.05, 0) is 81.5 Å². The summed E-state index contributed by atoms with van der Waals surface area (Å²) in [7, 11) is 0. The van der Waals surface area contributed by atoms with Gasteiger partial charge in [0.15, 0.2) is 5.78 Å². The normalized spacial score (nSPS) is 52.2. The maximum atomic E-state index is 12.2. The number of Topliss-reactive ketones (excluding diaryl/α,β-unsaturated/α-hetero) is 1. The van der Waals surface area contributed by atoms with Crippen molar-refractivity contribution in [3.05, 3.63) is 11.6 Å². The summed E-state index contributed by atoms with van der Waals surface area (Å²) in [5.41, 5.74) is 0.865. The highest BCUT2D eigenvalue weighted by molar-refractivity contribution is 5.86. The van der Waals surface area contributed by atoms with Gasteiger partial charge in [-0.3, -0.25) is 4.79 Å². The first kappa shape index (κ1) is 15.9. The maximum absolute atomic E-state index is 12.2. The topological polar surface area (TPSA) is 37.3 Å². The predicted octanol–water partition coefficient (Wildman–Crippen LogP) is 4.66. The van der Waals surface area contributed by atoms with E-state index in [1.54, 1.807) is 12.5 Å². The van der Waals surface area contributed by atoms with Crippen LogP contribution >= 0.6 is 0 Å². The fourth-order valence-corrected chi connectivity index (χ4v) is 7.29. The van der Waals surface area contributed by atoms with Gasteiger partial charge >= 0.3 is 0 Å². The van der Waals surface area contributed by atoms with Crippen LogP contribution in [0.5, 0.6) is 0 Å². The molecule has 4 rings (SSSR count). The average Bonchev–Trinajstić information content (AvgIpc) is 2.80. The monoisotopic (exact) mass is 316 g/mol. The summed E-state index contributed by atoms with van der Waals surface area (Å²) in [5, 5.41) is 11.1. The fraction of sp³-hybridized carbons (Fsp3) is 0.857. The largest absolute Gasteiger partial charge is 0.382 e. The minimum atomic E-state index is -1.07. The minimum absolute atomic E-state index is 0.00290. The Morgan fingerprint density at radius 2 is 1.87 bits per heavy atom. The lowest BCUT2D eigenvalue weighted by molar-refractivity contribution is -0.158. The van der Waals surface area contributed by atoms with Crippen molar-refractivity contribution in [3.8, 4) is 0 Å². The molecule has 4 aliphatic rings. The minimum Gasteiger partial charge on any atom is -0.382 e. The van der Waals surface area contributed by atoms with Crippen molar-refractivity contribution in [2.75, 3.05) is 0 Å². The number of hydrogen-bond acceptors (Lipinski definition) is 2. The van der Waals surface area contributed by atoms with E-state index in [4.69, 9.17) is 0 Å². The van der Waals surface area contributed by atoms with E-state index >= 15 is 0 Å². The second-order valence-corrected chi connectivity index (χ2v) is 9.38. The van der Waals surface area contributed by atoms with Crippen LogP contribution in [0.25, 0.3) is 0 Å². The Morgan fingerprint density at radius 3 is 2.61 bits per heavy atom. The smallest absolute Gasteiger partial charge is 0.161 e. The first-order valence-corrected chi connectivity index (χ1v) is 9.76. The molecule has 1 N–H and O–H groups in total. The van der Waals surface area contributed by atoms with Crippen LogP contribution in [0.1, 0.15) is 78.6 Å². The molecule has 0 amide bonds. The van der Waals surface area contributed by atoms with Crippen LogP contribution in [-0.4, -0.2) is 16.5 Å². The quantitative estimate of drug-likeness (QED) is 0.714. The molecule has 0 aromatic carbocycles. The highest BCUT2D eigenvalue weighted by Crippen LogP contribution is 2.67. The van der Waals surface area contributed by atoms with Gasteiger partial charge in [0, 0.05) is 5.41 Å². The number of fused-ring (bicyclic) bond motifs is 5. The van der Waals surface area contributed by atoms with Gasteiger partial charge < -0.3 is 5.11 Å². The molecule has 0 aromatic heterocycles. The molecule has 0 heterocycles. The molecule has 0 aromatic rings. The summed E-state index contributed by atoms with van der Waals surface area (Å²) in [6.07, 6.45) is 13.1. The van der Waals surface area contributed by atoms with Crippen LogP contribution in [0, 0.1) is 28.6 Å². The zero-order valence-electron chi connectivity index (χ0n) is 15.0. The van der Waals surface area contributed by atoms with Gasteiger partial charge in [-0.25, -0.2) is 0 Å². The summed E-state index contributed by atoms with van der Waals surface area (Å²) in [6.45, 7) is 6.33. The van der Waals surface area contributed by atoms with E-state index in [0.717, 1.165) is 18.8 Å². The third-order valence-electron chi connectivity index (χ3n) is 8.75. The van der Waals surface area contributed by atoms with Crippen molar-refractivity contribution in [2.24, 2.45) is 28.6 Å². The van der Waals surface area contributed by atoms with Crippen LogP contribution in [0.3, 0.4) is 0 Å². The van der Waals surface area contributed by atoms with Gasteiger partial charge in [0.25, 0.3) is 0 Å². The van der Waals surface area contributed by atoms with E-state index in [-0.39, 0.29) is 11.2 Å². The standard InChI is InChI=1S/C21H32O2/c1-14(22)21(23)13-10-18-16-8-7-15-6-4-5-11-19(15,2)17(16)9-12-20(18,21)3/h7,16-18,23H,4-6,8-13H2,1-3H3/t16?,17?,18?,19-,20-,21-/m0/s1. The van der Waals surface area contributed by atoms with Crippen molar-refractivity contribution in [1.29, 1.82) is 0 Å². The highest BCUT2D eigenvalue weighted by atomic mass is 16.3. The lowest BCUT2D eigenvalue weighted by Gasteiger charge is -2.58. The highest BCUT2D eigenvalue weighted by Gasteiger charge is 2.65. The fourth-order valence-electron chi connectivity index (χ4n) is 7.29. The Bertz CT molecular complexity index is 564. The average molecular weight is 316 g/mol. The summed E-state index contributed by atoms with van der Waals surface area (Å²) >= 11 is 0. The van der Waals surface area contributed by atoms with E-state index in [9.17, 15) is 9.90 Å². The summed E-state index contributed by atoms with van der Waals surface area (Å²) in [6, 6.07) is 0. The van der Waals surface area contributed by atoms with Gasteiger partial charge in [0.05, 0.1) is 0 Å². The van der Waals surface area contributed by atoms with Crippen molar-refractivity contribution < 1.29 is 9.90 Å². The number of hydrogen-bond donors (Lipinski definition) is 1. The predicted molar refractivity (Wildman–Crippen MR) is 92.0 cm³/mol. The molecule has 3 fully saturated rings. The lowest BCUT2D eigenvalue weighted by atomic mass is 9.47. The first-order chi connectivity index (χ1) is 10.8. The van der Waals surface area contributed by atoms with E-state index < -0.39 is 5.60 Å². The molecular formula is C21H32O2. The molecule has 0 saturated heterocycles. The molecule has 0 spiro atoms. The molecule has 3 unspecified atom stereocenters. The van der Waals surface area contributed by atoms with E-state index in [1.165, 1.54) is 38.5 Å². The third kappa shape index (κ3) is 1.88. The van der Waals surface area contributed by atoms with Crippen LogP contribution in [0.4, 0.5) is 0 Å². The molecule has 2 nitrogen and oxygen atoms in total. The summed E-state index contributed by atoms with van der Waals surface area (Å²) in [5.74, 6) is 1.97. The van der Waals surface area contributed by atoms with Gasteiger partial charge in [-0.15, -0.1) is 0 Å². The van der Waals surface area contributed by atoms with E-state index in [0.29, 0.717) is 23.7 Å². The van der Waals surface area contributed by atoms with Crippen LogP contribution in [0.2, 0.25) is 0 Å². The molecule has 0 radical (unpaired) electrons. The molecular weight excluding hydrogens is 284 g/mol. The second-order valence-electron chi connectivity index (χ2n) is 9.38. The Labute approximate surface area is 140 Å². The number of rotatable bonds is 1. The van der Waals surface area contributed by atoms with Gasteiger partial charge in [0.2, 0.25) is 0 Å². The van der Waals surface area contributed by atoms with E-state index in [2.05, 4.69) is 19.9 Å². The molecule has 128 valence electrons. The SMILES string of the molecule is CC(=O)[C@@]1(O)CCC2C3CC=C4CCCC[C@]4(C)C3CC[C@@]21C. The number of aliphatic hydroxyl groups is 1. The van der Waals surface area contributed by atoms with Crippen molar-refractivity contribution in [3.63, 3.8) is 0 Å². The zero-order chi connectivity index (χ0) is 16.5. The van der Waals surface area contributed by atoms with Crippen molar-refractivity contribution in [1.82, 2.24) is 0 Å². The van der Waals surface area contributed by atoms with E-state index in [1.807, 2.05) is 0 Å². The molecule has 4 aliphatic carbocycles. The lowest BCUT2D eigenvalue weighted by Crippen LogP contribution is -2.56. The Balaban J connectivity index is 1.71. The van der Waals surface area contributed by atoms with Crippen molar-refractivity contribution in [2.45, 2.75) is 84.2 Å². The number of carbonyl (C=O) groups excluding carboxylic acids is 1. The molecule has 0 bridgehead atoms. The number of carbonyl (C=O) groups is 1. The van der Waals surface area contributed by atoms with Crippen LogP contribution in [0.15, 0.2) is 11.6 Å². The van der Waals surface area contributed by atoms with Crippen LogP contribution < -0.4 is 0 Å².